The van der Waals surface area contributed by atoms with Crippen molar-refractivity contribution in [1.82, 2.24) is 14.7 Å². The number of nitrogens with zero attached hydrogens (tertiary/aromatic N) is 3. The minimum absolute atomic E-state index is 0.212. The van der Waals surface area contributed by atoms with Crippen molar-refractivity contribution in [2.45, 2.75) is 32.1 Å². The summed E-state index contributed by atoms with van der Waals surface area (Å²) in [6.07, 6.45) is 3.29. The van der Waals surface area contributed by atoms with E-state index in [2.05, 4.69) is 22.0 Å². The molecule has 3 aromatic rings. The lowest BCUT2D eigenvalue weighted by Gasteiger charge is -2.07. The highest BCUT2D eigenvalue weighted by atomic mass is 16.5. The fourth-order valence-corrected chi connectivity index (χ4v) is 3.39. The van der Waals surface area contributed by atoms with Crippen LogP contribution in [-0.2, 0) is 6.54 Å². The third-order valence-electron chi connectivity index (χ3n) is 5.16. The van der Waals surface area contributed by atoms with E-state index in [1.54, 1.807) is 19.3 Å². The van der Waals surface area contributed by atoms with Crippen molar-refractivity contribution >= 4 is 0 Å². The fourth-order valence-electron chi connectivity index (χ4n) is 3.39. The molecule has 0 saturated heterocycles. The number of benzene rings is 1. The Bertz CT molecular complexity index is 1030. The van der Waals surface area contributed by atoms with Crippen LogP contribution in [-0.4, -0.2) is 37.6 Å². The van der Waals surface area contributed by atoms with Crippen molar-refractivity contribution in [3.8, 4) is 23.2 Å². The number of aromatic nitrogens is 3. The van der Waals surface area contributed by atoms with E-state index in [-0.39, 0.29) is 18.4 Å². The fraction of sp³-hybridized carbons (Fsp3) is 0.364. The van der Waals surface area contributed by atoms with Crippen LogP contribution in [0.15, 0.2) is 47.2 Å². The summed E-state index contributed by atoms with van der Waals surface area (Å²) >= 11 is 0. The number of aliphatic hydroxyl groups is 2. The van der Waals surface area contributed by atoms with Crippen LogP contribution in [0.2, 0.25) is 0 Å². The third-order valence-corrected chi connectivity index (χ3v) is 5.16. The van der Waals surface area contributed by atoms with E-state index < -0.39 is 12.2 Å². The van der Waals surface area contributed by atoms with Gasteiger partial charge in [0.05, 0.1) is 12.6 Å². The summed E-state index contributed by atoms with van der Waals surface area (Å²) in [5.74, 6) is 8.09. The highest BCUT2D eigenvalue weighted by molar-refractivity contribution is 5.59. The van der Waals surface area contributed by atoms with Gasteiger partial charge in [0.1, 0.15) is 17.6 Å². The molecule has 2 unspecified atom stereocenters. The average Bonchev–Trinajstić information content (AvgIpc) is 3.11. The molecule has 29 heavy (non-hydrogen) atoms. The first-order valence-electron chi connectivity index (χ1n) is 9.70. The second kappa shape index (κ2) is 8.21. The number of nitrogens with two attached hydrogens (primary N) is 1. The molecule has 4 N–H and O–H groups in total. The predicted octanol–water partition coefficient (Wildman–Crippen LogP) is 1.95. The van der Waals surface area contributed by atoms with Crippen LogP contribution >= 0.6 is 0 Å². The Morgan fingerprint density at radius 1 is 1.31 bits per heavy atom. The molecule has 0 radical (unpaired) electrons. The normalized spacial score (nSPS) is 20.0. The van der Waals surface area contributed by atoms with Crippen LogP contribution in [0.3, 0.4) is 0 Å². The molecule has 1 aliphatic rings. The second-order valence-electron chi connectivity index (χ2n) is 7.43. The van der Waals surface area contributed by atoms with E-state index >= 15 is 0 Å². The molecular weight excluding hydrogens is 368 g/mol. The molecule has 7 nitrogen and oxygen atoms in total. The standard InChI is InChI=1S/C22H24N4O3/c1-14(27)22-24-8-9-26(22)13-18-11-21(29-25-18)16-5-2-15(3-6-16)4-7-17-10-19(17)20(28)12-23/h2-3,5-6,8-9,11,14,17,19-20,27-28H,10,12-13,23H2,1H3/t14?,17-,19-,20?/m0/s1. The number of imidazole rings is 1. The zero-order valence-electron chi connectivity index (χ0n) is 16.2. The Morgan fingerprint density at radius 3 is 2.83 bits per heavy atom. The van der Waals surface area contributed by atoms with Crippen molar-refractivity contribution in [1.29, 1.82) is 0 Å². The molecule has 0 bridgehead atoms. The van der Waals surface area contributed by atoms with Gasteiger partial charge in [-0.25, -0.2) is 4.98 Å². The smallest absolute Gasteiger partial charge is 0.167 e. The van der Waals surface area contributed by atoms with E-state index in [1.165, 1.54) is 0 Å². The summed E-state index contributed by atoms with van der Waals surface area (Å²) in [6, 6.07) is 9.68. The summed E-state index contributed by atoms with van der Waals surface area (Å²) in [6.45, 7) is 2.45. The maximum Gasteiger partial charge on any atom is 0.167 e. The van der Waals surface area contributed by atoms with E-state index in [4.69, 9.17) is 10.3 Å². The summed E-state index contributed by atoms with van der Waals surface area (Å²) < 4.78 is 7.32. The topological polar surface area (TPSA) is 110 Å². The van der Waals surface area contributed by atoms with Crippen LogP contribution in [0.1, 0.15) is 36.5 Å². The largest absolute Gasteiger partial charge is 0.391 e. The van der Waals surface area contributed by atoms with Gasteiger partial charge in [0, 0.05) is 48.0 Å². The lowest BCUT2D eigenvalue weighted by atomic mass is 10.1. The summed E-state index contributed by atoms with van der Waals surface area (Å²) in [5, 5.41) is 23.6. The molecule has 150 valence electrons. The second-order valence-corrected chi connectivity index (χ2v) is 7.43. The quantitative estimate of drug-likeness (QED) is 0.553. The van der Waals surface area contributed by atoms with Gasteiger partial charge in [-0.1, -0.05) is 17.0 Å². The predicted molar refractivity (Wildman–Crippen MR) is 107 cm³/mol. The van der Waals surface area contributed by atoms with Crippen molar-refractivity contribution in [2.24, 2.45) is 17.6 Å². The Morgan fingerprint density at radius 2 is 2.10 bits per heavy atom. The zero-order valence-corrected chi connectivity index (χ0v) is 16.2. The first-order valence-corrected chi connectivity index (χ1v) is 9.70. The number of rotatable bonds is 6. The lowest BCUT2D eigenvalue weighted by molar-refractivity contribution is 0.156. The van der Waals surface area contributed by atoms with Crippen LogP contribution in [0, 0.1) is 23.7 Å². The maximum absolute atomic E-state index is 9.76. The molecule has 1 fully saturated rings. The van der Waals surface area contributed by atoms with Crippen molar-refractivity contribution in [2.75, 3.05) is 6.54 Å². The highest BCUT2D eigenvalue weighted by Crippen LogP contribution is 2.40. The van der Waals surface area contributed by atoms with Crippen LogP contribution in [0.4, 0.5) is 0 Å². The van der Waals surface area contributed by atoms with E-state index in [9.17, 15) is 10.2 Å². The minimum atomic E-state index is -0.644. The molecule has 2 heterocycles. The number of hydrogen-bond donors (Lipinski definition) is 3. The molecule has 0 aliphatic heterocycles. The van der Waals surface area contributed by atoms with Crippen LogP contribution < -0.4 is 5.73 Å². The summed E-state index contributed by atoms with van der Waals surface area (Å²) in [7, 11) is 0. The van der Waals surface area contributed by atoms with Gasteiger partial charge in [-0.3, -0.25) is 0 Å². The Labute approximate surface area is 169 Å². The summed E-state index contributed by atoms with van der Waals surface area (Å²) in [4.78, 5) is 4.16. The molecule has 0 spiro atoms. The summed E-state index contributed by atoms with van der Waals surface area (Å²) in [5.41, 5.74) is 8.07. The molecule has 1 aromatic carbocycles. The molecule has 2 aromatic heterocycles. The van der Waals surface area contributed by atoms with Gasteiger partial charge in [0.2, 0.25) is 0 Å². The zero-order chi connectivity index (χ0) is 20.4. The third kappa shape index (κ3) is 4.40. The van der Waals surface area contributed by atoms with Gasteiger partial charge < -0.3 is 25.0 Å². The van der Waals surface area contributed by atoms with Gasteiger partial charge in [-0.2, -0.15) is 0 Å². The van der Waals surface area contributed by atoms with Gasteiger partial charge >= 0.3 is 0 Å². The SMILES string of the molecule is CC(O)c1nccn1Cc1cc(-c2ccc(C#C[C@H]3C[C@@H]3C(O)CN)cc2)on1. The maximum atomic E-state index is 9.76. The van der Waals surface area contributed by atoms with Gasteiger partial charge in [-0.05, 0) is 37.6 Å². The van der Waals surface area contributed by atoms with E-state index in [0.717, 1.165) is 23.2 Å². The molecular formula is C22H24N4O3. The first-order chi connectivity index (χ1) is 14.0. The molecule has 1 saturated carbocycles. The monoisotopic (exact) mass is 392 g/mol. The van der Waals surface area contributed by atoms with Crippen molar-refractivity contribution < 1.29 is 14.7 Å². The average molecular weight is 392 g/mol. The minimum Gasteiger partial charge on any atom is -0.391 e. The van der Waals surface area contributed by atoms with E-state index in [1.807, 2.05) is 34.9 Å². The van der Waals surface area contributed by atoms with Gasteiger partial charge in [0.25, 0.3) is 0 Å². The van der Waals surface area contributed by atoms with Crippen LogP contribution in [0.5, 0.6) is 0 Å². The number of aliphatic hydroxyl groups excluding tert-OH is 2. The molecule has 1 aliphatic carbocycles. The van der Waals surface area contributed by atoms with Gasteiger partial charge in [0.15, 0.2) is 5.76 Å². The highest BCUT2D eigenvalue weighted by Gasteiger charge is 2.40. The lowest BCUT2D eigenvalue weighted by Crippen LogP contribution is -2.22. The van der Waals surface area contributed by atoms with Crippen molar-refractivity contribution in [3.05, 3.63) is 59.8 Å². The molecule has 7 heteroatoms. The molecule has 4 rings (SSSR count). The Kier molecular flexibility index (Phi) is 5.49. The van der Waals surface area contributed by atoms with Crippen LogP contribution in [0.25, 0.3) is 11.3 Å². The van der Waals surface area contributed by atoms with Crippen molar-refractivity contribution in [3.63, 3.8) is 0 Å². The molecule has 0 amide bonds. The Hall–Kier alpha value is -2.92. The number of hydrogen-bond acceptors (Lipinski definition) is 6. The molecule has 4 atom stereocenters. The first kappa shape index (κ1) is 19.4. The van der Waals surface area contributed by atoms with E-state index in [0.29, 0.717) is 18.1 Å². The Balaban J connectivity index is 1.41. The van der Waals surface area contributed by atoms with Gasteiger partial charge in [-0.15, -0.1) is 0 Å².